The maximum atomic E-state index is 11.5. The minimum atomic E-state index is -0.924. The first-order chi connectivity index (χ1) is 8.13. The molecule has 2 rings (SSSR count). The zero-order chi connectivity index (χ0) is 12.3. The number of amides is 1. The van der Waals surface area contributed by atoms with E-state index in [9.17, 15) is 4.79 Å². The van der Waals surface area contributed by atoms with Crippen LogP contribution in [0.1, 0.15) is 51.4 Å². The molecule has 4 heteroatoms. The largest absolute Gasteiger partial charge is 0.376 e. The van der Waals surface area contributed by atoms with Gasteiger partial charge in [0.25, 0.3) is 0 Å². The van der Waals surface area contributed by atoms with Gasteiger partial charge in [-0.2, -0.15) is 0 Å². The van der Waals surface area contributed by atoms with Gasteiger partial charge in [-0.15, -0.1) is 0 Å². The Morgan fingerprint density at radius 1 is 1.12 bits per heavy atom. The van der Waals surface area contributed by atoms with Crippen LogP contribution in [0.3, 0.4) is 0 Å². The fourth-order valence-corrected chi connectivity index (χ4v) is 2.65. The van der Waals surface area contributed by atoms with Crippen LogP contribution in [0.5, 0.6) is 0 Å². The average molecular weight is 240 g/mol. The molecule has 2 saturated carbocycles. The lowest BCUT2D eigenvalue weighted by molar-refractivity contribution is -0.127. The van der Waals surface area contributed by atoms with Crippen molar-refractivity contribution in [3.63, 3.8) is 0 Å². The summed E-state index contributed by atoms with van der Waals surface area (Å²) in [6.45, 7) is 0.303. The van der Waals surface area contributed by atoms with Gasteiger partial charge in [0.2, 0.25) is 5.91 Å². The highest BCUT2D eigenvalue weighted by atomic mass is 16.5. The minimum absolute atomic E-state index is 0.241. The normalized spacial score (nSPS) is 26.2. The van der Waals surface area contributed by atoms with Gasteiger partial charge in [0.15, 0.2) is 0 Å². The van der Waals surface area contributed by atoms with E-state index in [0.29, 0.717) is 6.61 Å². The van der Waals surface area contributed by atoms with Gasteiger partial charge < -0.3 is 16.2 Å². The molecule has 0 heterocycles. The Bertz CT molecular complexity index is 271. The molecule has 0 aromatic rings. The minimum Gasteiger partial charge on any atom is -0.376 e. The van der Waals surface area contributed by atoms with E-state index >= 15 is 0 Å². The average Bonchev–Trinajstić information content (AvgIpc) is 3.12. The third-order valence-corrected chi connectivity index (χ3v) is 4.12. The molecule has 2 fully saturated rings. The first kappa shape index (κ1) is 12.8. The van der Waals surface area contributed by atoms with Crippen LogP contribution in [0.2, 0.25) is 0 Å². The van der Waals surface area contributed by atoms with Crippen molar-refractivity contribution in [1.82, 2.24) is 0 Å². The third-order valence-electron chi connectivity index (χ3n) is 4.12. The number of nitrogens with two attached hydrogens (primary N) is 2. The van der Waals surface area contributed by atoms with Gasteiger partial charge in [0.05, 0.1) is 12.7 Å². The van der Waals surface area contributed by atoms with Crippen molar-refractivity contribution in [2.24, 2.45) is 17.4 Å². The first-order valence-electron chi connectivity index (χ1n) is 6.83. The lowest BCUT2D eigenvalue weighted by Gasteiger charge is -2.28. The third kappa shape index (κ3) is 3.19. The number of carbonyl (C=O) groups is 1. The molecule has 4 nitrogen and oxygen atoms in total. The number of hydrogen-bond acceptors (Lipinski definition) is 3. The van der Waals surface area contributed by atoms with Crippen molar-refractivity contribution in [3.8, 4) is 0 Å². The van der Waals surface area contributed by atoms with E-state index in [0.717, 1.165) is 25.7 Å². The molecule has 0 saturated heterocycles. The van der Waals surface area contributed by atoms with E-state index < -0.39 is 11.4 Å². The quantitative estimate of drug-likeness (QED) is 0.711. The van der Waals surface area contributed by atoms with Gasteiger partial charge in [0.1, 0.15) is 5.54 Å². The maximum Gasteiger partial charge on any atom is 0.240 e. The first-order valence-corrected chi connectivity index (χ1v) is 6.83. The summed E-state index contributed by atoms with van der Waals surface area (Å²) >= 11 is 0. The van der Waals surface area contributed by atoms with Crippen molar-refractivity contribution in [3.05, 3.63) is 0 Å². The van der Waals surface area contributed by atoms with E-state index in [1.165, 1.54) is 25.7 Å². The molecule has 17 heavy (non-hydrogen) atoms. The zero-order valence-electron chi connectivity index (χ0n) is 10.5. The van der Waals surface area contributed by atoms with Gasteiger partial charge in [-0.1, -0.05) is 25.7 Å². The van der Waals surface area contributed by atoms with E-state index in [1.54, 1.807) is 0 Å². The summed E-state index contributed by atoms with van der Waals surface area (Å²) in [6.07, 6.45) is 9.53. The Labute approximate surface area is 103 Å². The summed E-state index contributed by atoms with van der Waals surface area (Å²) in [5, 5.41) is 0. The molecule has 0 aromatic carbocycles. The smallest absolute Gasteiger partial charge is 0.240 e. The molecule has 98 valence electrons. The molecule has 2 aliphatic carbocycles. The van der Waals surface area contributed by atoms with E-state index in [-0.39, 0.29) is 12.0 Å². The van der Waals surface area contributed by atoms with Gasteiger partial charge in [-0.05, 0) is 31.6 Å². The lowest BCUT2D eigenvalue weighted by atomic mass is 9.94. The van der Waals surface area contributed by atoms with Crippen LogP contribution >= 0.6 is 0 Å². The Balaban J connectivity index is 1.84. The van der Waals surface area contributed by atoms with Gasteiger partial charge >= 0.3 is 0 Å². The molecule has 0 spiro atoms. The second-order valence-electron chi connectivity index (χ2n) is 5.60. The molecular formula is C13H24N2O2. The van der Waals surface area contributed by atoms with E-state index in [1.807, 2.05) is 0 Å². The molecule has 4 N–H and O–H groups in total. The topological polar surface area (TPSA) is 78.3 Å². The Kier molecular flexibility index (Phi) is 4.05. The Morgan fingerprint density at radius 3 is 2.18 bits per heavy atom. The second-order valence-corrected chi connectivity index (χ2v) is 5.60. The standard InChI is InChI=1S/C13H24N2O2/c14-12(16)13(15,10-7-8-10)9-17-11-5-3-1-2-4-6-11/h10-11H,1-9,15H2,(H2,14,16). The fraction of sp³-hybridized carbons (Fsp3) is 0.923. The van der Waals surface area contributed by atoms with Gasteiger partial charge in [-0.3, -0.25) is 4.79 Å². The van der Waals surface area contributed by atoms with Gasteiger partial charge in [-0.25, -0.2) is 0 Å². The van der Waals surface area contributed by atoms with E-state index in [4.69, 9.17) is 16.2 Å². The van der Waals surface area contributed by atoms with Crippen molar-refractivity contribution in [1.29, 1.82) is 0 Å². The van der Waals surface area contributed by atoms with E-state index in [2.05, 4.69) is 0 Å². The zero-order valence-corrected chi connectivity index (χ0v) is 10.5. The summed E-state index contributed by atoms with van der Waals surface area (Å²) in [5.74, 6) is -0.167. The highest BCUT2D eigenvalue weighted by Crippen LogP contribution is 2.38. The predicted octanol–water partition coefficient (Wildman–Crippen LogP) is 1.32. The van der Waals surface area contributed by atoms with Crippen LogP contribution in [0.15, 0.2) is 0 Å². The Hall–Kier alpha value is -0.610. The van der Waals surface area contributed by atoms with Crippen LogP contribution < -0.4 is 11.5 Å². The fourth-order valence-electron chi connectivity index (χ4n) is 2.65. The molecule has 0 aliphatic heterocycles. The van der Waals surface area contributed by atoms with Crippen LogP contribution in [0.25, 0.3) is 0 Å². The highest BCUT2D eigenvalue weighted by Gasteiger charge is 2.47. The van der Waals surface area contributed by atoms with Crippen molar-refractivity contribution in [2.75, 3.05) is 6.61 Å². The highest BCUT2D eigenvalue weighted by molar-refractivity contribution is 5.85. The van der Waals surface area contributed by atoms with Crippen molar-refractivity contribution >= 4 is 5.91 Å². The lowest BCUT2D eigenvalue weighted by Crippen LogP contribution is -2.57. The van der Waals surface area contributed by atoms with Crippen LogP contribution in [0, 0.1) is 5.92 Å². The van der Waals surface area contributed by atoms with Crippen molar-refractivity contribution in [2.45, 2.75) is 63.0 Å². The molecule has 1 amide bonds. The number of rotatable bonds is 5. The number of ether oxygens (including phenoxy) is 1. The van der Waals surface area contributed by atoms with Crippen LogP contribution in [0.4, 0.5) is 0 Å². The summed E-state index contributed by atoms with van der Waals surface area (Å²) in [6, 6.07) is 0. The molecule has 1 atom stereocenters. The summed E-state index contributed by atoms with van der Waals surface area (Å²) in [4.78, 5) is 11.5. The summed E-state index contributed by atoms with van der Waals surface area (Å²) in [5.41, 5.74) is 10.6. The molecule has 0 aromatic heterocycles. The number of hydrogen-bond donors (Lipinski definition) is 2. The van der Waals surface area contributed by atoms with Crippen LogP contribution in [-0.2, 0) is 9.53 Å². The summed E-state index contributed by atoms with van der Waals surface area (Å²) < 4.78 is 5.86. The second kappa shape index (κ2) is 5.36. The number of carbonyl (C=O) groups excluding carboxylic acids is 1. The SMILES string of the molecule is NC(=O)C(N)(COC1CCCCCC1)C1CC1. The Morgan fingerprint density at radius 2 is 1.71 bits per heavy atom. The molecule has 0 radical (unpaired) electrons. The van der Waals surface area contributed by atoms with Gasteiger partial charge in [0, 0.05) is 0 Å². The predicted molar refractivity (Wildman–Crippen MR) is 66.3 cm³/mol. The maximum absolute atomic E-state index is 11.5. The van der Waals surface area contributed by atoms with Crippen molar-refractivity contribution < 1.29 is 9.53 Å². The molecular weight excluding hydrogens is 216 g/mol. The monoisotopic (exact) mass is 240 g/mol. The number of primary amides is 1. The van der Waals surface area contributed by atoms with Crippen LogP contribution in [-0.4, -0.2) is 24.2 Å². The summed E-state index contributed by atoms with van der Waals surface area (Å²) in [7, 11) is 0. The molecule has 0 bridgehead atoms. The molecule has 1 unspecified atom stereocenters. The molecule has 2 aliphatic rings.